The van der Waals surface area contributed by atoms with E-state index in [1.54, 1.807) is 24.3 Å². The summed E-state index contributed by atoms with van der Waals surface area (Å²) in [4.78, 5) is 11.7. The first-order valence-corrected chi connectivity index (χ1v) is 5.39. The Balaban J connectivity index is 2.16. The van der Waals surface area contributed by atoms with Gasteiger partial charge < -0.3 is 0 Å². The Labute approximate surface area is 103 Å². The fraction of sp³-hybridized carbons (Fsp3) is 0. The van der Waals surface area contributed by atoms with Crippen molar-refractivity contribution in [3.05, 3.63) is 77.4 Å². The lowest BCUT2D eigenvalue weighted by atomic mass is 10.1. The largest absolute Gasteiger partial charge is 0.289 e. The van der Waals surface area contributed by atoms with Crippen LogP contribution in [0.25, 0.3) is 6.08 Å². The SMILES string of the molecule is O=C(/C=C/c1ccc(F)c(F)c1)c1ccccc1. The monoisotopic (exact) mass is 244 g/mol. The summed E-state index contributed by atoms with van der Waals surface area (Å²) in [6, 6.07) is 12.2. The van der Waals surface area contributed by atoms with Crippen LogP contribution in [0.5, 0.6) is 0 Å². The summed E-state index contributed by atoms with van der Waals surface area (Å²) in [6.45, 7) is 0. The van der Waals surface area contributed by atoms with Gasteiger partial charge in [0.05, 0.1) is 0 Å². The number of rotatable bonds is 3. The van der Waals surface area contributed by atoms with E-state index in [0.717, 1.165) is 12.1 Å². The summed E-state index contributed by atoms with van der Waals surface area (Å²) in [5.74, 6) is -2.01. The van der Waals surface area contributed by atoms with Crippen molar-refractivity contribution in [3.8, 4) is 0 Å². The minimum absolute atomic E-state index is 0.180. The van der Waals surface area contributed by atoms with Crippen LogP contribution in [0, 0.1) is 11.6 Å². The van der Waals surface area contributed by atoms with Crippen molar-refractivity contribution in [1.29, 1.82) is 0 Å². The summed E-state index contributed by atoms with van der Waals surface area (Å²) in [5, 5.41) is 0. The molecule has 0 N–H and O–H groups in total. The van der Waals surface area contributed by atoms with E-state index < -0.39 is 11.6 Å². The molecule has 2 rings (SSSR count). The van der Waals surface area contributed by atoms with Crippen LogP contribution >= 0.6 is 0 Å². The summed E-state index contributed by atoms with van der Waals surface area (Å²) in [7, 11) is 0. The van der Waals surface area contributed by atoms with Gasteiger partial charge in [-0.05, 0) is 23.8 Å². The molecular weight excluding hydrogens is 234 g/mol. The third kappa shape index (κ3) is 2.88. The van der Waals surface area contributed by atoms with Gasteiger partial charge in [0.1, 0.15) is 0 Å². The van der Waals surface area contributed by atoms with Crippen LogP contribution in [0.3, 0.4) is 0 Å². The van der Waals surface area contributed by atoms with E-state index in [1.165, 1.54) is 18.2 Å². The maximum Gasteiger partial charge on any atom is 0.185 e. The molecule has 0 amide bonds. The summed E-state index contributed by atoms with van der Waals surface area (Å²) in [6.07, 6.45) is 2.79. The number of hydrogen-bond acceptors (Lipinski definition) is 1. The van der Waals surface area contributed by atoms with Crippen LogP contribution < -0.4 is 0 Å². The van der Waals surface area contributed by atoms with Gasteiger partial charge in [0, 0.05) is 5.56 Å². The summed E-state index contributed by atoms with van der Waals surface area (Å²) < 4.78 is 25.6. The number of hydrogen-bond donors (Lipinski definition) is 0. The van der Waals surface area contributed by atoms with E-state index in [9.17, 15) is 13.6 Å². The Kier molecular flexibility index (Phi) is 3.63. The zero-order chi connectivity index (χ0) is 13.0. The van der Waals surface area contributed by atoms with Crippen LogP contribution in [-0.2, 0) is 0 Å². The zero-order valence-electron chi connectivity index (χ0n) is 9.44. The van der Waals surface area contributed by atoms with E-state index >= 15 is 0 Å². The highest BCUT2D eigenvalue weighted by molar-refractivity contribution is 6.06. The highest BCUT2D eigenvalue weighted by Crippen LogP contribution is 2.11. The van der Waals surface area contributed by atoms with E-state index in [0.29, 0.717) is 11.1 Å². The third-order valence-electron chi connectivity index (χ3n) is 2.43. The van der Waals surface area contributed by atoms with Crippen molar-refractivity contribution in [2.75, 3.05) is 0 Å². The Morgan fingerprint density at radius 1 is 0.944 bits per heavy atom. The van der Waals surface area contributed by atoms with Crippen LogP contribution in [0.4, 0.5) is 8.78 Å². The lowest BCUT2D eigenvalue weighted by Crippen LogP contribution is -1.93. The molecule has 1 nitrogen and oxygen atoms in total. The number of halogens is 2. The fourth-order valence-corrected chi connectivity index (χ4v) is 1.49. The first kappa shape index (κ1) is 12.2. The molecule has 0 bridgehead atoms. The Morgan fingerprint density at radius 2 is 1.67 bits per heavy atom. The molecule has 90 valence electrons. The molecule has 0 aliphatic carbocycles. The van der Waals surface area contributed by atoms with E-state index in [2.05, 4.69) is 0 Å². The zero-order valence-corrected chi connectivity index (χ0v) is 9.44. The molecule has 0 aromatic heterocycles. The second kappa shape index (κ2) is 5.36. The average Bonchev–Trinajstić information content (AvgIpc) is 2.41. The van der Waals surface area contributed by atoms with Gasteiger partial charge >= 0.3 is 0 Å². The van der Waals surface area contributed by atoms with E-state index in [1.807, 2.05) is 6.07 Å². The van der Waals surface area contributed by atoms with Crippen molar-refractivity contribution in [2.45, 2.75) is 0 Å². The Bertz CT molecular complexity index is 589. The van der Waals surface area contributed by atoms with Gasteiger partial charge in [0.15, 0.2) is 17.4 Å². The minimum Gasteiger partial charge on any atom is -0.289 e. The molecule has 3 heteroatoms. The van der Waals surface area contributed by atoms with Crippen molar-refractivity contribution in [1.82, 2.24) is 0 Å². The van der Waals surface area contributed by atoms with Crippen molar-refractivity contribution in [2.24, 2.45) is 0 Å². The van der Waals surface area contributed by atoms with Gasteiger partial charge in [-0.15, -0.1) is 0 Å². The van der Waals surface area contributed by atoms with Crippen molar-refractivity contribution < 1.29 is 13.6 Å². The predicted molar refractivity (Wildman–Crippen MR) is 66.2 cm³/mol. The molecule has 0 heterocycles. The number of carbonyl (C=O) groups is 1. The lowest BCUT2D eigenvalue weighted by molar-refractivity contribution is 0.104. The maximum absolute atomic E-state index is 12.9. The molecule has 2 aromatic rings. The van der Waals surface area contributed by atoms with Crippen LogP contribution in [0.2, 0.25) is 0 Å². The predicted octanol–water partition coefficient (Wildman–Crippen LogP) is 3.86. The maximum atomic E-state index is 12.9. The fourth-order valence-electron chi connectivity index (χ4n) is 1.49. The summed E-state index contributed by atoms with van der Waals surface area (Å²) in [5.41, 5.74) is 0.995. The van der Waals surface area contributed by atoms with Crippen molar-refractivity contribution >= 4 is 11.9 Å². The molecule has 0 unspecified atom stereocenters. The van der Waals surface area contributed by atoms with E-state index in [-0.39, 0.29) is 5.78 Å². The summed E-state index contributed by atoms with van der Waals surface area (Å²) >= 11 is 0. The van der Waals surface area contributed by atoms with Gasteiger partial charge in [-0.1, -0.05) is 42.5 Å². The van der Waals surface area contributed by atoms with Gasteiger partial charge in [0.25, 0.3) is 0 Å². The number of ketones is 1. The molecule has 2 aromatic carbocycles. The third-order valence-corrected chi connectivity index (χ3v) is 2.43. The first-order valence-electron chi connectivity index (χ1n) is 5.39. The number of benzene rings is 2. The van der Waals surface area contributed by atoms with Crippen LogP contribution in [-0.4, -0.2) is 5.78 Å². The molecule has 0 atom stereocenters. The number of carbonyl (C=O) groups excluding carboxylic acids is 1. The second-order valence-electron chi connectivity index (χ2n) is 3.74. The molecule has 0 spiro atoms. The molecule has 0 saturated heterocycles. The van der Waals surface area contributed by atoms with Gasteiger partial charge in [0.2, 0.25) is 0 Å². The topological polar surface area (TPSA) is 17.1 Å². The van der Waals surface area contributed by atoms with Gasteiger partial charge in [-0.25, -0.2) is 8.78 Å². The Hall–Kier alpha value is -2.29. The van der Waals surface area contributed by atoms with Crippen molar-refractivity contribution in [3.63, 3.8) is 0 Å². The lowest BCUT2D eigenvalue weighted by Gasteiger charge is -1.96. The van der Waals surface area contributed by atoms with E-state index in [4.69, 9.17) is 0 Å². The van der Waals surface area contributed by atoms with Crippen LogP contribution in [0.15, 0.2) is 54.6 Å². The highest BCUT2D eigenvalue weighted by atomic mass is 19.2. The molecule has 18 heavy (non-hydrogen) atoms. The van der Waals surface area contributed by atoms with Gasteiger partial charge in [-0.2, -0.15) is 0 Å². The first-order chi connectivity index (χ1) is 8.66. The molecule has 0 aliphatic heterocycles. The normalized spacial score (nSPS) is 10.8. The van der Waals surface area contributed by atoms with Crippen LogP contribution in [0.1, 0.15) is 15.9 Å². The quantitative estimate of drug-likeness (QED) is 0.592. The standard InChI is InChI=1S/C15H10F2O/c16-13-8-6-11(10-14(13)17)7-9-15(18)12-4-2-1-3-5-12/h1-10H/b9-7+. The van der Waals surface area contributed by atoms with Gasteiger partial charge in [-0.3, -0.25) is 4.79 Å². The highest BCUT2D eigenvalue weighted by Gasteiger charge is 2.02. The molecule has 0 radical (unpaired) electrons. The molecular formula is C15H10F2O. The minimum atomic E-state index is -0.927. The molecule has 0 fully saturated rings. The smallest absolute Gasteiger partial charge is 0.185 e. The number of allylic oxidation sites excluding steroid dienone is 1. The average molecular weight is 244 g/mol. The molecule has 0 aliphatic rings. The Morgan fingerprint density at radius 3 is 2.33 bits per heavy atom. The second-order valence-corrected chi connectivity index (χ2v) is 3.74. The molecule has 0 saturated carbocycles.